The lowest BCUT2D eigenvalue weighted by Crippen LogP contribution is -2.42. The summed E-state index contributed by atoms with van der Waals surface area (Å²) in [6, 6.07) is 16.5. The van der Waals surface area contributed by atoms with Crippen LogP contribution in [-0.2, 0) is 14.3 Å². The summed E-state index contributed by atoms with van der Waals surface area (Å²) in [6.45, 7) is 1.55. The van der Waals surface area contributed by atoms with Gasteiger partial charge in [-0.05, 0) is 35.1 Å². The second kappa shape index (κ2) is 8.66. The fraction of sp³-hybridized carbons (Fsp3) is 0.391. The zero-order chi connectivity index (χ0) is 20.2. The first-order valence-electron chi connectivity index (χ1n) is 10.0. The Balaban J connectivity index is 1.37. The Morgan fingerprint density at radius 2 is 1.66 bits per heavy atom. The Morgan fingerprint density at radius 3 is 2.31 bits per heavy atom. The minimum atomic E-state index is -0.978. The van der Waals surface area contributed by atoms with Gasteiger partial charge in [-0.1, -0.05) is 48.5 Å². The highest BCUT2D eigenvalue weighted by molar-refractivity contribution is 5.79. The van der Waals surface area contributed by atoms with Crippen molar-refractivity contribution >= 4 is 12.1 Å². The Labute approximate surface area is 170 Å². The molecule has 29 heavy (non-hydrogen) atoms. The molecule has 152 valence electrons. The average molecular weight is 395 g/mol. The number of hydrogen-bond acceptors (Lipinski definition) is 4. The van der Waals surface area contributed by atoms with E-state index in [0.29, 0.717) is 26.3 Å². The van der Waals surface area contributed by atoms with E-state index in [1.165, 1.54) is 22.3 Å². The molecule has 6 heteroatoms. The molecule has 1 N–H and O–H groups in total. The monoisotopic (exact) mass is 395 g/mol. The van der Waals surface area contributed by atoms with Crippen LogP contribution in [0.25, 0.3) is 11.1 Å². The van der Waals surface area contributed by atoms with E-state index in [1.807, 2.05) is 24.3 Å². The van der Waals surface area contributed by atoms with E-state index in [-0.39, 0.29) is 24.5 Å². The number of nitrogens with zero attached hydrogens (tertiary/aromatic N) is 1. The zero-order valence-corrected chi connectivity index (χ0v) is 16.3. The summed E-state index contributed by atoms with van der Waals surface area (Å²) in [5.41, 5.74) is 4.80. The molecule has 2 aromatic carbocycles. The SMILES string of the molecule is O=C(O)COCC1CCCN(C(=O)OCC2c3ccccc3-c3ccccc32)C1. The van der Waals surface area contributed by atoms with Crippen LogP contribution in [0.2, 0.25) is 0 Å². The van der Waals surface area contributed by atoms with Crippen LogP contribution in [0.5, 0.6) is 0 Å². The molecular formula is C23H25NO5. The molecule has 1 fully saturated rings. The minimum Gasteiger partial charge on any atom is -0.480 e. The van der Waals surface area contributed by atoms with Crippen LogP contribution in [0.1, 0.15) is 29.9 Å². The third kappa shape index (κ3) is 4.27. The quantitative estimate of drug-likeness (QED) is 0.806. The fourth-order valence-electron chi connectivity index (χ4n) is 4.37. The van der Waals surface area contributed by atoms with E-state index in [9.17, 15) is 9.59 Å². The molecule has 0 radical (unpaired) electrons. The number of carboxylic acids is 1. The van der Waals surface area contributed by atoms with Crippen LogP contribution >= 0.6 is 0 Å². The van der Waals surface area contributed by atoms with Crippen molar-refractivity contribution in [1.29, 1.82) is 0 Å². The normalized spacial score (nSPS) is 18.2. The highest BCUT2D eigenvalue weighted by Crippen LogP contribution is 2.44. The molecule has 1 atom stereocenters. The standard InChI is InChI=1S/C23H25NO5/c25-22(26)15-28-13-16-6-5-11-24(12-16)23(27)29-14-21-19-9-3-1-7-17(19)18-8-2-4-10-20(18)21/h1-4,7-10,16,21H,5-6,11-15H2,(H,25,26). The van der Waals surface area contributed by atoms with Crippen LogP contribution in [0.4, 0.5) is 4.79 Å². The maximum Gasteiger partial charge on any atom is 0.409 e. The molecule has 1 unspecified atom stereocenters. The van der Waals surface area contributed by atoms with E-state index in [2.05, 4.69) is 24.3 Å². The van der Waals surface area contributed by atoms with E-state index in [1.54, 1.807) is 4.90 Å². The summed E-state index contributed by atoms with van der Waals surface area (Å²) in [5, 5.41) is 8.69. The van der Waals surface area contributed by atoms with Crippen molar-refractivity contribution in [2.75, 3.05) is 32.9 Å². The number of carboxylic acid groups (broad SMARTS) is 1. The topological polar surface area (TPSA) is 76.1 Å². The molecule has 0 saturated carbocycles. The summed E-state index contributed by atoms with van der Waals surface area (Å²) in [7, 11) is 0. The second-order valence-corrected chi connectivity index (χ2v) is 7.67. The predicted octanol–water partition coefficient (Wildman–Crippen LogP) is 3.75. The summed E-state index contributed by atoms with van der Waals surface area (Å²) in [4.78, 5) is 25.0. The highest BCUT2D eigenvalue weighted by Gasteiger charge is 2.30. The lowest BCUT2D eigenvalue weighted by Gasteiger charge is -2.32. The second-order valence-electron chi connectivity index (χ2n) is 7.67. The van der Waals surface area contributed by atoms with Crippen molar-refractivity contribution in [3.63, 3.8) is 0 Å². The summed E-state index contributed by atoms with van der Waals surface area (Å²) in [5.74, 6) is -0.788. The fourth-order valence-corrected chi connectivity index (χ4v) is 4.37. The third-order valence-corrected chi connectivity index (χ3v) is 5.69. The molecule has 0 bridgehead atoms. The van der Waals surface area contributed by atoms with Crippen LogP contribution in [0.15, 0.2) is 48.5 Å². The number of carbonyl (C=O) groups is 2. The molecule has 4 rings (SSSR count). The molecule has 6 nitrogen and oxygen atoms in total. The number of rotatable bonds is 6. The van der Waals surface area contributed by atoms with Crippen molar-refractivity contribution < 1.29 is 24.2 Å². The minimum absolute atomic E-state index is 0.0471. The molecule has 2 aliphatic rings. The summed E-state index contributed by atoms with van der Waals surface area (Å²) in [6.07, 6.45) is 1.48. The first-order chi connectivity index (χ1) is 14.1. The van der Waals surface area contributed by atoms with E-state index in [0.717, 1.165) is 12.8 Å². The molecule has 0 aromatic heterocycles. The largest absolute Gasteiger partial charge is 0.480 e. The number of likely N-dealkylation sites (tertiary alicyclic amines) is 1. The van der Waals surface area contributed by atoms with Crippen LogP contribution in [0.3, 0.4) is 0 Å². The Bertz CT molecular complexity index is 851. The number of carbonyl (C=O) groups excluding carboxylic acids is 1. The van der Waals surface area contributed by atoms with Crippen molar-refractivity contribution in [3.05, 3.63) is 59.7 Å². The van der Waals surface area contributed by atoms with Crippen LogP contribution in [0, 0.1) is 5.92 Å². The molecule has 1 amide bonds. The molecule has 2 aromatic rings. The van der Waals surface area contributed by atoms with Crippen molar-refractivity contribution in [1.82, 2.24) is 4.90 Å². The Hall–Kier alpha value is -2.86. The van der Waals surface area contributed by atoms with Crippen molar-refractivity contribution in [2.24, 2.45) is 5.92 Å². The van der Waals surface area contributed by atoms with Gasteiger partial charge in [0.05, 0.1) is 6.61 Å². The Kier molecular flexibility index (Phi) is 5.81. The molecule has 1 aliphatic carbocycles. The predicted molar refractivity (Wildman–Crippen MR) is 108 cm³/mol. The third-order valence-electron chi connectivity index (χ3n) is 5.69. The van der Waals surface area contributed by atoms with Gasteiger partial charge in [-0.15, -0.1) is 0 Å². The highest BCUT2D eigenvalue weighted by atomic mass is 16.6. The van der Waals surface area contributed by atoms with Gasteiger partial charge in [0.2, 0.25) is 0 Å². The number of ether oxygens (including phenoxy) is 2. The number of benzene rings is 2. The van der Waals surface area contributed by atoms with Gasteiger partial charge < -0.3 is 19.5 Å². The number of amides is 1. The van der Waals surface area contributed by atoms with Crippen molar-refractivity contribution in [2.45, 2.75) is 18.8 Å². The van der Waals surface area contributed by atoms with E-state index in [4.69, 9.17) is 14.6 Å². The van der Waals surface area contributed by atoms with Gasteiger partial charge >= 0.3 is 12.1 Å². The molecule has 1 saturated heterocycles. The van der Waals surface area contributed by atoms with Gasteiger partial charge in [-0.25, -0.2) is 9.59 Å². The number of piperidine rings is 1. The first kappa shape index (κ1) is 19.5. The lowest BCUT2D eigenvalue weighted by atomic mass is 9.98. The van der Waals surface area contributed by atoms with Gasteiger partial charge in [-0.3, -0.25) is 0 Å². The van der Waals surface area contributed by atoms with Crippen molar-refractivity contribution in [3.8, 4) is 11.1 Å². The summed E-state index contributed by atoms with van der Waals surface area (Å²) >= 11 is 0. The maximum atomic E-state index is 12.7. The van der Waals surface area contributed by atoms with E-state index < -0.39 is 5.97 Å². The zero-order valence-electron chi connectivity index (χ0n) is 16.3. The molecule has 1 heterocycles. The van der Waals surface area contributed by atoms with Gasteiger partial charge in [0.1, 0.15) is 13.2 Å². The number of aliphatic carboxylic acids is 1. The van der Waals surface area contributed by atoms with E-state index >= 15 is 0 Å². The molecule has 1 aliphatic heterocycles. The number of hydrogen-bond donors (Lipinski definition) is 1. The lowest BCUT2D eigenvalue weighted by molar-refractivity contribution is -0.142. The first-order valence-corrected chi connectivity index (χ1v) is 10.0. The summed E-state index contributed by atoms with van der Waals surface area (Å²) < 4.78 is 10.9. The maximum absolute atomic E-state index is 12.7. The number of fused-ring (bicyclic) bond motifs is 3. The van der Waals surface area contributed by atoms with Gasteiger partial charge in [-0.2, -0.15) is 0 Å². The van der Waals surface area contributed by atoms with Gasteiger partial charge in [0, 0.05) is 24.9 Å². The Morgan fingerprint density at radius 1 is 1.00 bits per heavy atom. The molecule has 0 spiro atoms. The van der Waals surface area contributed by atoms with Crippen LogP contribution < -0.4 is 0 Å². The average Bonchev–Trinajstić information content (AvgIpc) is 3.06. The molecular weight excluding hydrogens is 370 g/mol. The van der Waals surface area contributed by atoms with Gasteiger partial charge in [0.25, 0.3) is 0 Å². The smallest absolute Gasteiger partial charge is 0.409 e. The van der Waals surface area contributed by atoms with Crippen LogP contribution in [-0.4, -0.2) is 55.0 Å². The van der Waals surface area contributed by atoms with Gasteiger partial charge in [0.15, 0.2) is 0 Å².